The Morgan fingerprint density at radius 2 is 1.95 bits per heavy atom. The second-order valence-electron chi connectivity index (χ2n) is 5.42. The smallest absolute Gasteiger partial charge is 0.255 e. The standard InChI is InChI=1S/C15H17BrN2O2/c16-12-5-2-1-4-11(12)15(20)18-9-3-6-13(18)14(19)17-10-7-8-10/h1-2,4-5,10,13H,3,6-9H2,(H,17,19)/t13-/m1/s1. The first-order valence-electron chi connectivity index (χ1n) is 7.02. The molecule has 1 N–H and O–H groups in total. The lowest BCUT2D eigenvalue weighted by Crippen LogP contribution is -2.46. The number of halogens is 1. The van der Waals surface area contributed by atoms with Crippen molar-refractivity contribution < 1.29 is 9.59 Å². The molecule has 2 aliphatic rings. The van der Waals surface area contributed by atoms with Crippen LogP contribution in [0.2, 0.25) is 0 Å². The summed E-state index contributed by atoms with van der Waals surface area (Å²) in [5.74, 6) is -0.0590. The number of amides is 2. The van der Waals surface area contributed by atoms with E-state index in [-0.39, 0.29) is 17.9 Å². The Morgan fingerprint density at radius 1 is 1.20 bits per heavy atom. The van der Waals surface area contributed by atoms with Crippen molar-refractivity contribution in [2.24, 2.45) is 0 Å². The summed E-state index contributed by atoms with van der Waals surface area (Å²) in [7, 11) is 0. The Hall–Kier alpha value is -1.36. The van der Waals surface area contributed by atoms with Gasteiger partial charge in [-0.2, -0.15) is 0 Å². The summed E-state index contributed by atoms with van der Waals surface area (Å²) < 4.78 is 0.776. The number of carbonyl (C=O) groups excluding carboxylic acids is 2. The van der Waals surface area contributed by atoms with Crippen molar-refractivity contribution in [1.82, 2.24) is 10.2 Å². The minimum absolute atomic E-state index is 0.00500. The van der Waals surface area contributed by atoms with E-state index in [4.69, 9.17) is 0 Å². The lowest BCUT2D eigenvalue weighted by atomic mass is 10.1. The molecule has 2 fully saturated rings. The Balaban J connectivity index is 1.76. The van der Waals surface area contributed by atoms with E-state index in [0.717, 1.165) is 30.2 Å². The summed E-state index contributed by atoms with van der Waals surface area (Å²) in [6.45, 7) is 0.656. The van der Waals surface area contributed by atoms with Crippen molar-refractivity contribution in [1.29, 1.82) is 0 Å². The van der Waals surface area contributed by atoms with Gasteiger partial charge in [-0.05, 0) is 53.7 Å². The quantitative estimate of drug-likeness (QED) is 0.920. The minimum Gasteiger partial charge on any atom is -0.352 e. The zero-order valence-electron chi connectivity index (χ0n) is 11.1. The van der Waals surface area contributed by atoms with E-state index in [1.165, 1.54) is 0 Å². The Bertz CT molecular complexity index is 542. The monoisotopic (exact) mass is 336 g/mol. The lowest BCUT2D eigenvalue weighted by Gasteiger charge is -2.24. The van der Waals surface area contributed by atoms with E-state index < -0.39 is 0 Å². The summed E-state index contributed by atoms with van der Waals surface area (Å²) >= 11 is 3.40. The second-order valence-corrected chi connectivity index (χ2v) is 6.27. The van der Waals surface area contributed by atoms with Gasteiger partial charge in [0.2, 0.25) is 5.91 Å². The normalized spacial score (nSPS) is 21.9. The van der Waals surface area contributed by atoms with Crippen LogP contribution in [0.5, 0.6) is 0 Å². The van der Waals surface area contributed by atoms with Gasteiger partial charge in [0.25, 0.3) is 5.91 Å². The average Bonchev–Trinajstić information content (AvgIpc) is 3.11. The zero-order valence-corrected chi connectivity index (χ0v) is 12.7. The molecule has 2 amide bonds. The van der Waals surface area contributed by atoms with E-state index in [1.54, 1.807) is 11.0 Å². The third-order valence-electron chi connectivity index (χ3n) is 3.84. The van der Waals surface area contributed by atoms with Crippen molar-refractivity contribution in [2.75, 3.05) is 6.54 Å². The van der Waals surface area contributed by atoms with Gasteiger partial charge in [-0.3, -0.25) is 9.59 Å². The number of likely N-dealkylation sites (tertiary alicyclic amines) is 1. The topological polar surface area (TPSA) is 49.4 Å². The highest BCUT2D eigenvalue weighted by atomic mass is 79.9. The first-order chi connectivity index (χ1) is 9.66. The van der Waals surface area contributed by atoms with Gasteiger partial charge in [0, 0.05) is 17.1 Å². The summed E-state index contributed by atoms with van der Waals surface area (Å²) in [5, 5.41) is 3.00. The molecule has 1 aliphatic heterocycles. The lowest BCUT2D eigenvalue weighted by molar-refractivity contribution is -0.125. The van der Waals surface area contributed by atoms with Gasteiger partial charge in [-0.25, -0.2) is 0 Å². The average molecular weight is 337 g/mol. The molecule has 0 bridgehead atoms. The highest BCUT2D eigenvalue weighted by Gasteiger charge is 2.37. The van der Waals surface area contributed by atoms with Gasteiger partial charge in [0.1, 0.15) is 6.04 Å². The maximum Gasteiger partial charge on any atom is 0.255 e. The van der Waals surface area contributed by atoms with Gasteiger partial charge < -0.3 is 10.2 Å². The molecular formula is C15H17BrN2O2. The van der Waals surface area contributed by atoms with E-state index in [9.17, 15) is 9.59 Å². The molecule has 0 unspecified atom stereocenters. The van der Waals surface area contributed by atoms with Crippen LogP contribution in [0.15, 0.2) is 28.7 Å². The predicted octanol–water partition coefficient (Wildman–Crippen LogP) is 2.33. The molecule has 4 nitrogen and oxygen atoms in total. The molecule has 1 saturated carbocycles. The van der Waals surface area contributed by atoms with Crippen LogP contribution in [0, 0.1) is 0 Å². The maximum absolute atomic E-state index is 12.6. The Labute approximate surface area is 126 Å². The number of nitrogens with zero attached hydrogens (tertiary/aromatic N) is 1. The fourth-order valence-corrected chi connectivity index (χ4v) is 3.05. The highest BCUT2D eigenvalue weighted by molar-refractivity contribution is 9.10. The molecule has 1 heterocycles. The van der Waals surface area contributed by atoms with Crippen LogP contribution in [-0.4, -0.2) is 35.3 Å². The number of benzene rings is 1. The first-order valence-corrected chi connectivity index (χ1v) is 7.82. The first kappa shape index (κ1) is 13.6. The summed E-state index contributed by atoms with van der Waals surface area (Å²) in [6, 6.07) is 7.39. The fraction of sp³-hybridized carbons (Fsp3) is 0.467. The van der Waals surface area contributed by atoms with E-state index in [1.807, 2.05) is 18.2 Å². The van der Waals surface area contributed by atoms with Crippen LogP contribution in [0.4, 0.5) is 0 Å². The zero-order chi connectivity index (χ0) is 14.1. The summed E-state index contributed by atoms with van der Waals surface area (Å²) in [4.78, 5) is 26.5. The van der Waals surface area contributed by atoms with Gasteiger partial charge in [0.05, 0.1) is 5.56 Å². The number of hydrogen-bond donors (Lipinski definition) is 1. The Kier molecular flexibility index (Phi) is 3.78. The molecule has 20 heavy (non-hydrogen) atoms. The molecule has 1 aromatic carbocycles. The molecule has 1 aromatic rings. The third kappa shape index (κ3) is 2.73. The van der Waals surface area contributed by atoms with E-state index in [2.05, 4.69) is 21.2 Å². The second kappa shape index (κ2) is 5.56. The van der Waals surface area contributed by atoms with Crippen LogP contribution >= 0.6 is 15.9 Å². The van der Waals surface area contributed by atoms with Crippen LogP contribution in [-0.2, 0) is 4.79 Å². The van der Waals surface area contributed by atoms with Gasteiger partial charge >= 0.3 is 0 Å². The van der Waals surface area contributed by atoms with Gasteiger partial charge in [-0.1, -0.05) is 12.1 Å². The van der Waals surface area contributed by atoms with Crippen molar-refractivity contribution in [3.05, 3.63) is 34.3 Å². The van der Waals surface area contributed by atoms with Crippen LogP contribution in [0.1, 0.15) is 36.0 Å². The van der Waals surface area contributed by atoms with Crippen molar-refractivity contribution >= 4 is 27.7 Å². The van der Waals surface area contributed by atoms with Gasteiger partial charge in [-0.15, -0.1) is 0 Å². The van der Waals surface area contributed by atoms with Gasteiger partial charge in [0.15, 0.2) is 0 Å². The van der Waals surface area contributed by atoms with Crippen LogP contribution in [0.3, 0.4) is 0 Å². The van der Waals surface area contributed by atoms with Crippen LogP contribution < -0.4 is 5.32 Å². The van der Waals surface area contributed by atoms with Crippen molar-refractivity contribution in [2.45, 2.75) is 37.8 Å². The minimum atomic E-state index is -0.310. The highest BCUT2D eigenvalue weighted by Crippen LogP contribution is 2.25. The Morgan fingerprint density at radius 3 is 2.65 bits per heavy atom. The van der Waals surface area contributed by atoms with Crippen molar-refractivity contribution in [3.8, 4) is 0 Å². The molecule has 0 aromatic heterocycles. The maximum atomic E-state index is 12.6. The largest absolute Gasteiger partial charge is 0.352 e. The fourth-order valence-electron chi connectivity index (χ4n) is 2.60. The molecule has 5 heteroatoms. The molecule has 1 atom stereocenters. The molecule has 0 radical (unpaired) electrons. The van der Waals surface area contributed by atoms with Crippen molar-refractivity contribution in [3.63, 3.8) is 0 Å². The molecule has 3 rings (SSSR count). The van der Waals surface area contributed by atoms with Crippen LogP contribution in [0.25, 0.3) is 0 Å². The number of hydrogen-bond acceptors (Lipinski definition) is 2. The third-order valence-corrected chi connectivity index (χ3v) is 4.54. The number of rotatable bonds is 3. The van der Waals surface area contributed by atoms with E-state index >= 15 is 0 Å². The molecule has 106 valence electrons. The van der Waals surface area contributed by atoms with E-state index in [0.29, 0.717) is 18.2 Å². The molecule has 1 aliphatic carbocycles. The summed E-state index contributed by atoms with van der Waals surface area (Å²) in [5.41, 5.74) is 0.624. The molecule has 0 spiro atoms. The molecule has 1 saturated heterocycles. The SMILES string of the molecule is O=C(NC1CC1)[C@H]1CCCN1C(=O)c1ccccc1Br. The predicted molar refractivity (Wildman–Crippen MR) is 79.4 cm³/mol. The number of nitrogens with one attached hydrogen (secondary N) is 1. The number of carbonyl (C=O) groups is 2. The summed E-state index contributed by atoms with van der Waals surface area (Å²) in [6.07, 6.45) is 3.78. The molecular weight excluding hydrogens is 320 g/mol.